The zero-order valence-electron chi connectivity index (χ0n) is 8.92. The molecule has 0 fully saturated rings. The fourth-order valence-electron chi connectivity index (χ4n) is 1.35. The van der Waals surface area contributed by atoms with Crippen LogP contribution in [0.1, 0.15) is 30.8 Å². The highest BCUT2D eigenvalue weighted by Crippen LogP contribution is 2.18. The van der Waals surface area contributed by atoms with Crippen molar-refractivity contribution >= 4 is 11.3 Å². The molecule has 1 aromatic rings. The summed E-state index contributed by atoms with van der Waals surface area (Å²) >= 11 is 1.73. The Labute approximate surface area is 89.9 Å². The van der Waals surface area contributed by atoms with Crippen LogP contribution in [-0.2, 0) is 0 Å². The lowest BCUT2D eigenvalue weighted by Crippen LogP contribution is -2.24. The second kappa shape index (κ2) is 6.92. The first-order chi connectivity index (χ1) is 6.88. The van der Waals surface area contributed by atoms with E-state index in [-0.39, 0.29) is 0 Å². The Morgan fingerprint density at radius 3 is 2.93 bits per heavy atom. The zero-order chi connectivity index (χ0) is 10.2. The number of hydrogen-bond donors (Lipinski definition) is 2. The summed E-state index contributed by atoms with van der Waals surface area (Å²) < 4.78 is 0. The third-order valence-electron chi connectivity index (χ3n) is 2.15. The maximum Gasteiger partial charge on any atom is 0.109 e. The highest BCUT2D eigenvalue weighted by Gasteiger charge is 2.09. The number of thiazole rings is 1. The quantitative estimate of drug-likeness (QED) is 0.678. The highest BCUT2D eigenvalue weighted by atomic mass is 32.1. The van der Waals surface area contributed by atoms with Crippen LogP contribution in [0.2, 0.25) is 0 Å². The molecule has 0 saturated carbocycles. The Balaban J connectivity index is 2.26. The summed E-state index contributed by atoms with van der Waals surface area (Å²) in [7, 11) is 1.98. The van der Waals surface area contributed by atoms with E-state index in [1.54, 1.807) is 11.3 Å². The van der Waals surface area contributed by atoms with Gasteiger partial charge < -0.3 is 10.6 Å². The van der Waals surface area contributed by atoms with E-state index in [0.717, 1.165) is 19.5 Å². The van der Waals surface area contributed by atoms with E-state index in [0.29, 0.717) is 6.04 Å². The van der Waals surface area contributed by atoms with Crippen LogP contribution in [0.15, 0.2) is 11.6 Å². The molecular weight excluding hydrogens is 194 g/mol. The smallest absolute Gasteiger partial charge is 0.109 e. The molecule has 0 bridgehead atoms. The molecule has 1 rings (SSSR count). The standard InChI is InChI=1S/C10H19N3S/c1-3-9(10-13-7-8-14-10)12-6-4-5-11-2/h7-9,11-12H,3-6H2,1-2H3. The zero-order valence-corrected chi connectivity index (χ0v) is 9.73. The largest absolute Gasteiger partial charge is 0.320 e. The van der Waals surface area contributed by atoms with Gasteiger partial charge in [-0.25, -0.2) is 4.98 Å². The molecular formula is C10H19N3S. The molecule has 1 atom stereocenters. The van der Waals surface area contributed by atoms with Gasteiger partial charge in [-0.2, -0.15) is 0 Å². The van der Waals surface area contributed by atoms with Crippen LogP contribution >= 0.6 is 11.3 Å². The maximum atomic E-state index is 4.33. The van der Waals surface area contributed by atoms with Gasteiger partial charge in [-0.3, -0.25) is 0 Å². The van der Waals surface area contributed by atoms with Crippen LogP contribution in [0, 0.1) is 0 Å². The number of hydrogen-bond acceptors (Lipinski definition) is 4. The highest BCUT2D eigenvalue weighted by molar-refractivity contribution is 7.09. The number of nitrogens with zero attached hydrogens (tertiary/aromatic N) is 1. The van der Waals surface area contributed by atoms with Crippen LogP contribution in [0.5, 0.6) is 0 Å². The molecule has 0 spiro atoms. The van der Waals surface area contributed by atoms with Crippen molar-refractivity contribution in [3.8, 4) is 0 Å². The van der Waals surface area contributed by atoms with Crippen LogP contribution in [0.3, 0.4) is 0 Å². The van der Waals surface area contributed by atoms with Crippen LogP contribution in [0.4, 0.5) is 0 Å². The summed E-state index contributed by atoms with van der Waals surface area (Å²) in [5.41, 5.74) is 0. The van der Waals surface area contributed by atoms with Crippen molar-refractivity contribution in [2.24, 2.45) is 0 Å². The Bertz CT molecular complexity index is 223. The maximum absolute atomic E-state index is 4.33. The molecule has 0 aliphatic carbocycles. The molecule has 1 heterocycles. The van der Waals surface area contributed by atoms with E-state index < -0.39 is 0 Å². The van der Waals surface area contributed by atoms with E-state index in [1.165, 1.54) is 11.4 Å². The monoisotopic (exact) mass is 213 g/mol. The van der Waals surface area contributed by atoms with Crippen molar-refractivity contribution in [2.45, 2.75) is 25.8 Å². The van der Waals surface area contributed by atoms with Crippen molar-refractivity contribution < 1.29 is 0 Å². The van der Waals surface area contributed by atoms with E-state index in [4.69, 9.17) is 0 Å². The molecule has 1 unspecified atom stereocenters. The molecule has 0 saturated heterocycles. The molecule has 0 amide bonds. The number of rotatable bonds is 7. The Morgan fingerprint density at radius 1 is 1.50 bits per heavy atom. The summed E-state index contributed by atoms with van der Waals surface area (Å²) in [5, 5.41) is 9.90. The minimum Gasteiger partial charge on any atom is -0.320 e. The molecule has 2 N–H and O–H groups in total. The van der Waals surface area contributed by atoms with Gasteiger partial charge in [0.15, 0.2) is 0 Å². The molecule has 0 aromatic carbocycles. The predicted octanol–water partition coefficient (Wildman–Crippen LogP) is 1.79. The summed E-state index contributed by atoms with van der Waals surface area (Å²) in [6, 6.07) is 0.437. The molecule has 0 aliphatic heterocycles. The SMILES string of the molecule is CCC(NCCCNC)c1nccs1. The summed E-state index contributed by atoms with van der Waals surface area (Å²) in [6.45, 7) is 4.32. The van der Waals surface area contributed by atoms with Crippen molar-refractivity contribution in [3.05, 3.63) is 16.6 Å². The van der Waals surface area contributed by atoms with Crippen molar-refractivity contribution in [1.29, 1.82) is 0 Å². The fourth-order valence-corrected chi connectivity index (χ4v) is 2.15. The normalized spacial score (nSPS) is 13.0. The second-order valence-corrected chi connectivity index (χ2v) is 4.17. The second-order valence-electron chi connectivity index (χ2n) is 3.24. The van der Waals surface area contributed by atoms with Gasteiger partial charge in [0.25, 0.3) is 0 Å². The predicted molar refractivity (Wildman–Crippen MR) is 61.7 cm³/mol. The third kappa shape index (κ3) is 3.74. The lowest BCUT2D eigenvalue weighted by Gasteiger charge is -2.13. The molecule has 80 valence electrons. The number of nitrogens with one attached hydrogen (secondary N) is 2. The van der Waals surface area contributed by atoms with Crippen molar-refractivity contribution in [1.82, 2.24) is 15.6 Å². The minimum absolute atomic E-state index is 0.437. The lowest BCUT2D eigenvalue weighted by molar-refractivity contribution is 0.504. The summed E-state index contributed by atoms with van der Waals surface area (Å²) in [4.78, 5) is 4.33. The van der Waals surface area contributed by atoms with Crippen LogP contribution < -0.4 is 10.6 Å². The number of aromatic nitrogens is 1. The Kier molecular flexibility index (Phi) is 5.75. The van der Waals surface area contributed by atoms with Gasteiger partial charge in [-0.15, -0.1) is 11.3 Å². The lowest BCUT2D eigenvalue weighted by atomic mass is 10.2. The summed E-state index contributed by atoms with van der Waals surface area (Å²) in [6.07, 6.45) is 4.14. The van der Waals surface area contributed by atoms with Gasteiger partial charge in [0, 0.05) is 11.6 Å². The van der Waals surface area contributed by atoms with Crippen LogP contribution in [-0.4, -0.2) is 25.1 Å². The van der Waals surface area contributed by atoms with E-state index in [1.807, 2.05) is 18.6 Å². The fraction of sp³-hybridized carbons (Fsp3) is 0.700. The first-order valence-corrected chi connectivity index (χ1v) is 6.03. The van der Waals surface area contributed by atoms with Gasteiger partial charge in [0.05, 0.1) is 6.04 Å². The van der Waals surface area contributed by atoms with Gasteiger partial charge in [-0.1, -0.05) is 6.92 Å². The molecule has 14 heavy (non-hydrogen) atoms. The average molecular weight is 213 g/mol. The molecule has 3 nitrogen and oxygen atoms in total. The van der Waals surface area contributed by atoms with Crippen molar-refractivity contribution in [2.75, 3.05) is 20.1 Å². The van der Waals surface area contributed by atoms with Gasteiger partial charge >= 0.3 is 0 Å². The molecule has 4 heteroatoms. The average Bonchev–Trinajstić information content (AvgIpc) is 2.71. The van der Waals surface area contributed by atoms with E-state index in [9.17, 15) is 0 Å². The first-order valence-electron chi connectivity index (χ1n) is 5.15. The topological polar surface area (TPSA) is 37.0 Å². The molecule has 1 aromatic heterocycles. The van der Waals surface area contributed by atoms with E-state index in [2.05, 4.69) is 22.5 Å². The first kappa shape index (κ1) is 11.6. The third-order valence-corrected chi connectivity index (χ3v) is 3.04. The van der Waals surface area contributed by atoms with Crippen molar-refractivity contribution in [3.63, 3.8) is 0 Å². The van der Waals surface area contributed by atoms with Gasteiger partial charge in [0.2, 0.25) is 0 Å². The van der Waals surface area contributed by atoms with E-state index >= 15 is 0 Å². The Morgan fingerprint density at radius 2 is 2.36 bits per heavy atom. The van der Waals surface area contributed by atoms with Gasteiger partial charge in [-0.05, 0) is 33.0 Å². The summed E-state index contributed by atoms with van der Waals surface area (Å²) in [5.74, 6) is 0. The molecule has 0 aliphatic rings. The van der Waals surface area contributed by atoms with Crippen LogP contribution in [0.25, 0.3) is 0 Å². The minimum atomic E-state index is 0.437. The molecule has 0 radical (unpaired) electrons. The Hall–Kier alpha value is -0.450. The van der Waals surface area contributed by atoms with Gasteiger partial charge in [0.1, 0.15) is 5.01 Å².